The van der Waals surface area contributed by atoms with E-state index in [0.717, 1.165) is 5.56 Å². The number of halogens is 2. The number of fused-ring (bicyclic) bond motifs is 4. The van der Waals surface area contributed by atoms with Crippen LogP contribution in [0.2, 0.25) is 10.0 Å². The number of amides is 2. The Labute approximate surface area is 181 Å². The lowest BCUT2D eigenvalue weighted by atomic mass is 9.65. The van der Waals surface area contributed by atoms with E-state index in [1.807, 2.05) is 18.2 Å². The van der Waals surface area contributed by atoms with E-state index in [4.69, 9.17) is 23.2 Å². The van der Waals surface area contributed by atoms with Crippen molar-refractivity contribution in [1.82, 2.24) is 9.78 Å². The van der Waals surface area contributed by atoms with Gasteiger partial charge in [-0.3, -0.25) is 9.59 Å². The van der Waals surface area contributed by atoms with Crippen LogP contribution in [-0.4, -0.2) is 21.6 Å². The van der Waals surface area contributed by atoms with Gasteiger partial charge in [-0.15, -0.1) is 0 Å². The predicted molar refractivity (Wildman–Crippen MR) is 111 cm³/mol. The van der Waals surface area contributed by atoms with Gasteiger partial charge < -0.3 is 10.6 Å². The van der Waals surface area contributed by atoms with E-state index in [1.54, 1.807) is 35.0 Å². The molecule has 3 heterocycles. The average molecular weight is 438 g/mol. The van der Waals surface area contributed by atoms with Gasteiger partial charge in [-0.05, 0) is 41.5 Å². The third kappa shape index (κ3) is 2.48. The normalized spacial score (nSPS) is 21.6. The molecule has 7 nitrogen and oxygen atoms in total. The first kappa shape index (κ1) is 18.7. The highest BCUT2D eigenvalue weighted by atomic mass is 35.5. The number of carbonyl (C=O) groups excluding carboxylic acids is 2. The van der Waals surface area contributed by atoms with Crippen LogP contribution < -0.4 is 10.6 Å². The molecule has 2 amide bonds. The molecule has 2 unspecified atom stereocenters. The lowest BCUT2D eigenvalue weighted by Crippen LogP contribution is -2.51. The molecular formula is C21H13Cl2N5O2. The fourth-order valence-corrected chi connectivity index (χ4v) is 4.53. The number of carbonyl (C=O) groups is 2. The highest BCUT2D eigenvalue weighted by Gasteiger charge is 2.61. The summed E-state index contributed by atoms with van der Waals surface area (Å²) in [7, 11) is 0. The number of aromatic nitrogens is 2. The molecule has 3 aromatic rings. The third-order valence-corrected chi connectivity index (χ3v) is 6.08. The van der Waals surface area contributed by atoms with Crippen LogP contribution >= 0.6 is 23.2 Å². The van der Waals surface area contributed by atoms with Crippen molar-refractivity contribution in [2.24, 2.45) is 5.92 Å². The number of anilines is 2. The first-order valence-corrected chi connectivity index (χ1v) is 9.83. The summed E-state index contributed by atoms with van der Waals surface area (Å²) < 4.78 is 1.60. The fraction of sp³-hybridized carbons (Fsp3) is 0.143. The highest BCUT2D eigenvalue weighted by molar-refractivity contribution is 6.31. The molecule has 1 aromatic heterocycles. The maximum atomic E-state index is 13.3. The Morgan fingerprint density at radius 2 is 1.80 bits per heavy atom. The molecule has 1 spiro atoms. The summed E-state index contributed by atoms with van der Waals surface area (Å²) in [6, 6.07) is 14.2. The van der Waals surface area contributed by atoms with E-state index >= 15 is 0 Å². The second-order valence-corrected chi connectivity index (χ2v) is 8.07. The van der Waals surface area contributed by atoms with Crippen LogP contribution in [0.15, 0.2) is 48.7 Å². The van der Waals surface area contributed by atoms with E-state index in [9.17, 15) is 14.9 Å². The minimum atomic E-state index is -1.52. The van der Waals surface area contributed by atoms with E-state index < -0.39 is 23.1 Å². The number of hydrogen-bond donors (Lipinski definition) is 2. The molecule has 0 fully saturated rings. The van der Waals surface area contributed by atoms with Crippen molar-refractivity contribution in [1.29, 1.82) is 5.26 Å². The Balaban J connectivity index is 1.71. The van der Waals surface area contributed by atoms with Crippen LogP contribution in [0.4, 0.5) is 11.5 Å². The Morgan fingerprint density at radius 1 is 1.07 bits per heavy atom. The highest BCUT2D eigenvalue weighted by Crippen LogP contribution is 2.52. The zero-order valence-corrected chi connectivity index (χ0v) is 16.8. The summed E-state index contributed by atoms with van der Waals surface area (Å²) >= 11 is 12.2. The van der Waals surface area contributed by atoms with Gasteiger partial charge in [-0.2, -0.15) is 10.4 Å². The Bertz CT molecular complexity index is 1260. The second kappa shape index (κ2) is 6.59. The van der Waals surface area contributed by atoms with E-state index in [2.05, 4.69) is 15.7 Å². The molecule has 2 aliphatic rings. The number of rotatable bonds is 2. The largest absolute Gasteiger partial charge is 0.325 e. The lowest BCUT2D eigenvalue weighted by molar-refractivity contribution is -0.127. The van der Waals surface area contributed by atoms with Gasteiger partial charge in [0.05, 0.1) is 18.8 Å². The Kier molecular flexibility index (Phi) is 4.10. The SMILES string of the molecule is N#CC1C(=O)Nc2c(cnn2Cc2ccc(Cl)cc2)C12C(=O)Nc1ccc(Cl)cc12. The first-order valence-electron chi connectivity index (χ1n) is 9.08. The van der Waals surface area contributed by atoms with Gasteiger partial charge >= 0.3 is 0 Å². The van der Waals surface area contributed by atoms with Crippen molar-refractivity contribution >= 4 is 46.5 Å². The van der Waals surface area contributed by atoms with E-state index in [0.29, 0.717) is 39.2 Å². The molecule has 2 aromatic carbocycles. The van der Waals surface area contributed by atoms with Gasteiger partial charge in [-0.1, -0.05) is 35.3 Å². The zero-order chi connectivity index (χ0) is 21.0. The first-order chi connectivity index (χ1) is 14.4. The van der Waals surface area contributed by atoms with Crippen molar-refractivity contribution in [3.05, 3.63) is 75.4 Å². The average Bonchev–Trinajstić information content (AvgIpc) is 3.24. The van der Waals surface area contributed by atoms with Gasteiger partial charge in [0.2, 0.25) is 11.8 Å². The molecule has 148 valence electrons. The molecule has 5 rings (SSSR count). The van der Waals surface area contributed by atoms with Crippen molar-refractivity contribution in [3.8, 4) is 6.07 Å². The van der Waals surface area contributed by atoms with Gasteiger partial charge in [0, 0.05) is 21.3 Å². The molecule has 0 saturated carbocycles. The summed E-state index contributed by atoms with van der Waals surface area (Å²) in [6.07, 6.45) is 1.53. The summed E-state index contributed by atoms with van der Waals surface area (Å²) in [5.41, 5.74) is 0.867. The minimum Gasteiger partial charge on any atom is -0.325 e. The number of hydrogen-bond acceptors (Lipinski definition) is 4. The molecule has 0 radical (unpaired) electrons. The lowest BCUT2D eigenvalue weighted by Gasteiger charge is -2.35. The van der Waals surface area contributed by atoms with Gasteiger partial charge in [-0.25, -0.2) is 4.68 Å². The van der Waals surface area contributed by atoms with Crippen molar-refractivity contribution in [2.75, 3.05) is 10.6 Å². The summed E-state index contributed by atoms with van der Waals surface area (Å²) in [5, 5.41) is 20.8. The van der Waals surface area contributed by atoms with E-state index in [-0.39, 0.29) is 0 Å². The van der Waals surface area contributed by atoms with Crippen molar-refractivity contribution < 1.29 is 9.59 Å². The number of benzene rings is 2. The monoisotopic (exact) mass is 437 g/mol. The molecular weight excluding hydrogens is 425 g/mol. The van der Waals surface area contributed by atoms with Gasteiger partial charge in [0.15, 0.2) is 0 Å². The fourth-order valence-electron chi connectivity index (χ4n) is 4.23. The Hall–Kier alpha value is -3.34. The summed E-state index contributed by atoms with van der Waals surface area (Å²) in [4.78, 5) is 26.2. The zero-order valence-electron chi connectivity index (χ0n) is 15.3. The van der Waals surface area contributed by atoms with Crippen LogP contribution in [0, 0.1) is 17.2 Å². The number of nitrogens with one attached hydrogen (secondary N) is 2. The van der Waals surface area contributed by atoms with Gasteiger partial charge in [0.1, 0.15) is 17.2 Å². The van der Waals surface area contributed by atoms with Gasteiger partial charge in [0.25, 0.3) is 0 Å². The maximum absolute atomic E-state index is 13.3. The van der Waals surface area contributed by atoms with Crippen LogP contribution in [0.1, 0.15) is 16.7 Å². The molecule has 2 N–H and O–H groups in total. The predicted octanol–water partition coefficient (Wildman–Crippen LogP) is 3.57. The topological polar surface area (TPSA) is 99.8 Å². The number of nitrogens with zero attached hydrogens (tertiary/aromatic N) is 3. The van der Waals surface area contributed by atoms with E-state index in [1.165, 1.54) is 6.20 Å². The summed E-state index contributed by atoms with van der Waals surface area (Å²) in [5.74, 6) is -1.90. The third-order valence-electron chi connectivity index (χ3n) is 5.59. The molecule has 0 bridgehead atoms. The van der Waals surface area contributed by atoms with Crippen LogP contribution in [-0.2, 0) is 21.5 Å². The second-order valence-electron chi connectivity index (χ2n) is 7.19. The molecule has 0 saturated heterocycles. The quantitative estimate of drug-likeness (QED) is 0.639. The van der Waals surface area contributed by atoms with Crippen molar-refractivity contribution in [2.45, 2.75) is 12.0 Å². The molecule has 2 atom stereocenters. The standard InChI is InChI=1S/C21H13Cl2N5O2/c22-12-3-1-11(2-4-12)10-28-18-16(9-25-28)21(15(8-24)19(29)27-18)14-7-13(23)5-6-17(14)26-20(21)30/h1-7,9,15H,10H2,(H,26,30)(H,27,29). The smallest absolute Gasteiger partial charge is 0.244 e. The summed E-state index contributed by atoms with van der Waals surface area (Å²) in [6.45, 7) is 0.351. The minimum absolute atomic E-state index is 0.351. The maximum Gasteiger partial charge on any atom is 0.244 e. The van der Waals surface area contributed by atoms with Crippen LogP contribution in [0.5, 0.6) is 0 Å². The molecule has 30 heavy (non-hydrogen) atoms. The van der Waals surface area contributed by atoms with Crippen LogP contribution in [0.25, 0.3) is 0 Å². The van der Waals surface area contributed by atoms with Crippen molar-refractivity contribution in [3.63, 3.8) is 0 Å². The van der Waals surface area contributed by atoms with Crippen LogP contribution in [0.3, 0.4) is 0 Å². The Morgan fingerprint density at radius 3 is 2.53 bits per heavy atom. The molecule has 9 heteroatoms. The molecule has 0 aliphatic carbocycles. The number of nitriles is 1. The molecule has 2 aliphatic heterocycles.